The molecule has 2 aromatic carbocycles. The lowest BCUT2D eigenvalue weighted by atomic mass is 10.1. The summed E-state index contributed by atoms with van der Waals surface area (Å²) in [5.74, 6) is -1.25. The van der Waals surface area contributed by atoms with E-state index in [0.29, 0.717) is 11.4 Å². The fraction of sp³-hybridized carbons (Fsp3) is 0.250. The Kier molecular flexibility index (Phi) is 5.31. The number of esters is 1. The van der Waals surface area contributed by atoms with Crippen molar-refractivity contribution in [2.75, 3.05) is 17.2 Å². The van der Waals surface area contributed by atoms with E-state index in [1.54, 1.807) is 18.2 Å². The molecule has 26 heavy (non-hydrogen) atoms. The number of fused-ring (bicyclic) bond motifs is 1. The molecule has 1 aliphatic rings. The average molecular weight is 352 g/mol. The lowest BCUT2D eigenvalue weighted by Crippen LogP contribution is -2.21. The van der Waals surface area contributed by atoms with E-state index >= 15 is 0 Å². The molecule has 134 valence electrons. The van der Waals surface area contributed by atoms with Gasteiger partial charge in [-0.3, -0.25) is 9.59 Å². The van der Waals surface area contributed by atoms with Crippen molar-refractivity contribution in [3.63, 3.8) is 0 Å². The predicted molar refractivity (Wildman–Crippen MR) is 98.1 cm³/mol. The van der Waals surface area contributed by atoms with Crippen LogP contribution in [0.2, 0.25) is 0 Å². The number of anilines is 2. The molecule has 0 saturated carbocycles. The third kappa shape index (κ3) is 4.47. The Bertz CT molecular complexity index is 861. The Hall–Kier alpha value is -3.15. The number of nitrogens with one attached hydrogen (secondary N) is 2. The monoisotopic (exact) mass is 352 g/mol. The van der Waals surface area contributed by atoms with Crippen molar-refractivity contribution in [1.29, 1.82) is 0 Å². The molecule has 1 aliphatic carbocycles. The highest BCUT2D eigenvalue weighted by Crippen LogP contribution is 2.24. The van der Waals surface area contributed by atoms with Gasteiger partial charge in [-0.1, -0.05) is 12.1 Å². The van der Waals surface area contributed by atoms with Crippen molar-refractivity contribution >= 4 is 29.2 Å². The Morgan fingerprint density at radius 1 is 0.962 bits per heavy atom. The van der Waals surface area contributed by atoms with E-state index < -0.39 is 11.9 Å². The summed E-state index contributed by atoms with van der Waals surface area (Å²) in [6.07, 6.45) is 3.25. The number of benzene rings is 2. The Balaban J connectivity index is 1.54. The summed E-state index contributed by atoms with van der Waals surface area (Å²) in [6.45, 7) is 1.01. The van der Waals surface area contributed by atoms with Gasteiger partial charge in [-0.15, -0.1) is 0 Å². The molecule has 0 spiro atoms. The fourth-order valence-corrected chi connectivity index (χ4v) is 2.99. The van der Waals surface area contributed by atoms with E-state index in [2.05, 4.69) is 10.6 Å². The quantitative estimate of drug-likeness (QED) is 0.811. The van der Waals surface area contributed by atoms with Gasteiger partial charge in [-0.05, 0) is 60.7 Å². The molecule has 0 aromatic heterocycles. The lowest BCUT2D eigenvalue weighted by Gasteiger charge is -2.09. The van der Waals surface area contributed by atoms with Crippen molar-refractivity contribution in [3.05, 3.63) is 59.2 Å². The fourth-order valence-electron chi connectivity index (χ4n) is 2.99. The molecule has 6 nitrogen and oxygen atoms in total. The second-order valence-corrected chi connectivity index (χ2v) is 6.22. The van der Waals surface area contributed by atoms with Crippen LogP contribution in [0.5, 0.6) is 0 Å². The molecule has 0 aliphatic heterocycles. The van der Waals surface area contributed by atoms with Gasteiger partial charge in [0.05, 0.1) is 5.56 Å². The average Bonchev–Trinajstić information content (AvgIpc) is 3.07. The molecule has 0 radical (unpaired) electrons. The normalized spacial score (nSPS) is 12.2. The summed E-state index contributed by atoms with van der Waals surface area (Å²) >= 11 is 0. The lowest BCUT2D eigenvalue weighted by molar-refractivity contribution is -0.119. The van der Waals surface area contributed by atoms with E-state index in [4.69, 9.17) is 4.74 Å². The molecule has 0 heterocycles. The van der Waals surface area contributed by atoms with Gasteiger partial charge >= 0.3 is 5.97 Å². The van der Waals surface area contributed by atoms with Crippen molar-refractivity contribution in [1.82, 2.24) is 0 Å². The van der Waals surface area contributed by atoms with Gasteiger partial charge in [0.2, 0.25) is 5.91 Å². The smallest absolute Gasteiger partial charge is 0.338 e. The number of hydrogen-bond donors (Lipinski definition) is 2. The van der Waals surface area contributed by atoms with Crippen molar-refractivity contribution < 1.29 is 19.1 Å². The highest BCUT2D eigenvalue weighted by Gasteiger charge is 2.14. The van der Waals surface area contributed by atoms with Crippen LogP contribution >= 0.6 is 0 Å². The zero-order chi connectivity index (χ0) is 18.5. The van der Waals surface area contributed by atoms with Gasteiger partial charge in [-0.25, -0.2) is 4.79 Å². The summed E-state index contributed by atoms with van der Waals surface area (Å²) in [4.78, 5) is 35.2. The van der Waals surface area contributed by atoms with Crippen LogP contribution in [-0.4, -0.2) is 24.4 Å². The molecule has 2 amide bonds. The summed E-state index contributed by atoms with van der Waals surface area (Å²) in [5.41, 5.74) is 4.05. The number of amides is 2. The maximum absolute atomic E-state index is 12.1. The standard InChI is InChI=1S/C20H20N2O4/c1-13(23)21-17-7-3-6-16(11-17)20(25)26-12-19(24)22-18-9-8-14-4-2-5-15(14)10-18/h3,6-11H,2,4-5,12H2,1H3,(H,21,23)(H,22,24). The largest absolute Gasteiger partial charge is 0.452 e. The number of ether oxygens (including phenoxy) is 1. The third-order valence-corrected chi connectivity index (χ3v) is 4.14. The van der Waals surface area contributed by atoms with Crippen LogP contribution in [0.1, 0.15) is 34.8 Å². The van der Waals surface area contributed by atoms with Crippen LogP contribution in [0.3, 0.4) is 0 Å². The summed E-state index contributed by atoms with van der Waals surface area (Å²) in [6, 6.07) is 12.2. The molecule has 2 aromatic rings. The van der Waals surface area contributed by atoms with E-state index in [9.17, 15) is 14.4 Å². The van der Waals surface area contributed by atoms with E-state index in [1.165, 1.54) is 24.1 Å². The number of carbonyl (C=O) groups excluding carboxylic acids is 3. The minimum Gasteiger partial charge on any atom is -0.452 e. The number of carbonyl (C=O) groups is 3. The molecular formula is C20H20N2O4. The number of hydrogen-bond acceptors (Lipinski definition) is 4. The van der Waals surface area contributed by atoms with Crippen molar-refractivity contribution in [3.8, 4) is 0 Å². The first-order valence-electron chi connectivity index (χ1n) is 8.48. The highest BCUT2D eigenvalue weighted by atomic mass is 16.5. The van der Waals surface area contributed by atoms with Crippen LogP contribution in [0.4, 0.5) is 11.4 Å². The van der Waals surface area contributed by atoms with Gasteiger partial charge in [0.25, 0.3) is 5.91 Å². The topological polar surface area (TPSA) is 84.5 Å². The Morgan fingerprint density at radius 3 is 2.54 bits per heavy atom. The summed E-state index contributed by atoms with van der Waals surface area (Å²) in [5, 5.41) is 5.33. The predicted octanol–water partition coefficient (Wildman–Crippen LogP) is 2.93. The zero-order valence-electron chi connectivity index (χ0n) is 14.5. The van der Waals surface area contributed by atoms with Crippen LogP contribution in [0, 0.1) is 0 Å². The number of rotatable bonds is 5. The summed E-state index contributed by atoms with van der Waals surface area (Å²) in [7, 11) is 0. The Labute approximate surface area is 151 Å². The van der Waals surface area contributed by atoms with Crippen LogP contribution in [-0.2, 0) is 27.2 Å². The minimum absolute atomic E-state index is 0.232. The van der Waals surface area contributed by atoms with Gasteiger partial charge < -0.3 is 15.4 Å². The van der Waals surface area contributed by atoms with Crippen molar-refractivity contribution in [2.24, 2.45) is 0 Å². The number of aryl methyl sites for hydroxylation is 2. The molecule has 0 atom stereocenters. The van der Waals surface area contributed by atoms with Gasteiger partial charge in [0.1, 0.15) is 0 Å². The van der Waals surface area contributed by atoms with E-state index in [1.807, 2.05) is 18.2 Å². The molecule has 6 heteroatoms. The molecule has 3 rings (SSSR count). The first-order chi connectivity index (χ1) is 12.5. The van der Waals surface area contributed by atoms with E-state index in [0.717, 1.165) is 19.3 Å². The van der Waals surface area contributed by atoms with Crippen LogP contribution in [0.15, 0.2) is 42.5 Å². The summed E-state index contributed by atoms with van der Waals surface area (Å²) < 4.78 is 5.05. The SMILES string of the molecule is CC(=O)Nc1cccc(C(=O)OCC(=O)Nc2ccc3c(c2)CCC3)c1. The third-order valence-electron chi connectivity index (χ3n) is 4.14. The maximum atomic E-state index is 12.1. The second kappa shape index (κ2) is 7.82. The molecule has 2 N–H and O–H groups in total. The van der Waals surface area contributed by atoms with Gasteiger partial charge in [0, 0.05) is 18.3 Å². The van der Waals surface area contributed by atoms with Gasteiger partial charge in [0.15, 0.2) is 6.61 Å². The molecule has 0 unspecified atom stereocenters. The minimum atomic E-state index is -0.624. The van der Waals surface area contributed by atoms with Gasteiger partial charge in [-0.2, -0.15) is 0 Å². The molecule has 0 fully saturated rings. The molecule has 0 saturated heterocycles. The highest BCUT2D eigenvalue weighted by molar-refractivity contribution is 5.96. The van der Waals surface area contributed by atoms with E-state index in [-0.39, 0.29) is 18.1 Å². The molecular weight excluding hydrogens is 332 g/mol. The Morgan fingerprint density at radius 2 is 1.73 bits per heavy atom. The maximum Gasteiger partial charge on any atom is 0.338 e. The van der Waals surface area contributed by atoms with Crippen LogP contribution < -0.4 is 10.6 Å². The second-order valence-electron chi connectivity index (χ2n) is 6.22. The first-order valence-corrected chi connectivity index (χ1v) is 8.48. The molecule has 0 bridgehead atoms. The van der Waals surface area contributed by atoms with Crippen LogP contribution in [0.25, 0.3) is 0 Å². The zero-order valence-corrected chi connectivity index (χ0v) is 14.5. The first kappa shape index (κ1) is 17.7. The van der Waals surface area contributed by atoms with Crippen molar-refractivity contribution in [2.45, 2.75) is 26.2 Å².